The Kier molecular flexibility index (Phi) is 6.00. The van der Waals surface area contributed by atoms with Gasteiger partial charge in [-0.3, -0.25) is 14.4 Å². The van der Waals surface area contributed by atoms with Crippen molar-refractivity contribution >= 4 is 23.7 Å². The second-order valence-electron chi connectivity index (χ2n) is 6.02. The Labute approximate surface area is 159 Å². The fourth-order valence-electron chi connectivity index (χ4n) is 2.62. The van der Waals surface area contributed by atoms with Crippen LogP contribution in [0.2, 0.25) is 0 Å². The standard InChI is InChI=1S/C18H18N4O6/c23-15-12(6-7-19-17(15)25)21-16(24)14(13-9-27-10-20-13)22-18(26)28-8-11-4-2-1-3-5-11/h1-5,9-10,12,14H,6-8H2,(H,19,25)(H,21,24)(H,22,26). The van der Waals surface area contributed by atoms with Crippen molar-refractivity contribution in [2.75, 3.05) is 6.54 Å². The molecule has 28 heavy (non-hydrogen) atoms. The van der Waals surface area contributed by atoms with Gasteiger partial charge < -0.3 is 25.1 Å². The minimum Gasteiger partial charge on any atom is -0.451 e. The van der Waals surface area contributed by atoms with Gasteiger partial charge in [0.25, 0.3) is 5.91 Å². The van der Waals surface area contributed by atoms with Crippen LogP contribution >= 0.6 is 0 Å². The molecule has 1 aliphatic heterocycles. The highest BCUT2D eigenvalue weighted by atomic mass is 16.5. The maximum atomic E-state index is 12.6. The number of carbonyl (C=O) groups excluding carboxylic acids is 4. The first kappa shape index (κ1) is 19.1. The van der Waals surface area contributed by atoms with Crippen LogP contribution in [0.25, 0.3) is 0 Å². The molecule has 3 rings (SSSR count). The molecule has 10 heteroatoms. The molecule has 3 N–H and O–H groups in total. The van der Waals surface area contributed by atoms with E-state index in [2.05, 4.69) is 20.9 Å². The van der Waals surface area contributed by atoms with Crippen molar-refractivity contribution in [3.8, 4) is 0 Å². The lowest BCUT2D eigenvalue weighted by Crippen LogP contribution is -2.55. The van der Waals surface area contributed by atoms with Gasteiger partial charge in [-0.25, -0.2) is 9.78 Å². The highest BCUT2D eigenvalue weighted by Gasteiger charge is 2.34. The Hall–Kier alpha value is -3.69. The van der Waals surface area contributed by atoms with Crippen molar-refractivity contribution in [3.63, 3.8) is 0 Å². The van der Waals surface area contributed by atoms with Crippen molar-refractivity contribution in [1.29, 1.82) is 0 Å². The molecule has 2 unspecified atom stereocenters. The van der Waals surface area contributed by atoms with Crippen LogP contribution < -0.4 is 16.0 Å². The summed E-state index contributed by atoms with van der Waals surface area (Å²) in [4.78, 5) is 52.0. The van der Waals surface area contributed by atoms with E-state index >= 15 is 0 Å². The van der Waals surface area contributed by atoms with E-state index in [9.17, 15) is 19.2 Å². The monoisotopic (exact) mass is 386 g/mol. The smallest absolute Gasteiger partial charge is 0.408 e. The summed E-state index contributed by atoms with van der Waals surface area (Å²) in [6.07, 6.45) is 1.70. The molecule has 1 aliphatic rings. The predicted octanol–water partition coefficient (Wildman–Crippen LogP) is 0.216. The van der Waals surface area contributed by atoms with Gasteiger partial charge in [-0.1, -0.05) is 30.3 Å². The van der Waals surface area contributed by atoms with Gasteiger partial charge in [0.05, 0.1) is 6.04 Å². The molecule has 2 heterocycles. The zero-order valence-electron chi connectivity index (χ0n) is 14.7. The topological polar surface area (TPSA) is 140 Å². The minimum atomic E-state index is -1.25. The van der Waals surface area contributed by atoms with E-state index in [0.717, 1.165) is 12.0 Å². The molecule has 2 atom stereocenters. The van der Waals surface area contributed by atoms with Crippen molar-refractivity contribution in [2.45, 2.75) is 25.1 Å². The highest BCUT2D eigenvalue weighted by molar-refractivity contribution is 6.39. The third-order valence-electron chi connectivity index (χ3n) is 4.06. The number of hydrogen-bond donors (Lipinski definition) is 3. The summed E-state index contributed by atoms with van der Waals surface area (Å²) in [6, 6.07) is 6.79. The Balaban J connectivity index is 1.64. The van der Waals surface area contributed by atoms with Crippen LogP contribution in [0.1, 0.15) is 23.7 Å². The van der Waals surface area contributed by atoms with Gasteiger partial charge in [-0.2, -0.15) is 0 Å². The highest BCUT2D eigenvalue weighted by Crippen LogP contribution is 2.13. The van der Waals surface area contributed by atoms with Gasteiger partial charge in [0.1, 0.15) is 18.6 Å². The summed E-state index contributed by atoms with van der Waals surface area (Å²) < 4.78 is 9.99. The van der Waals surface area contributed by atoms with Gasteiger partial charge in [-0.05, 0) is 12.0 Å². The number of nitrogens with zero attached hydrogens (tertiary/aromatic N) is 1. The number of piperidine rings is 1. The summed E-state index contributed by atoms with van der Waals surface area (Å²) in [5, 5.41) is 7.26. The Morgan fingerprint density at radius 3 is 2.79 bits per heavy atom. The van der Waals surface area contributed by atoms with E-state index < -0.39 is 35.8 Å². The predicted molar refractivity (Wildman–Crippen MR) is 93.6 cm³/mol. The normalized spacial score (nSPS) is 17.4. The summed E-state index contributed by atoms with van der Waals surface area (Å²) >= 11 is 0. The van der Waals surface area contributed by atoms with Gasteiger partial charge in [-0.15, -0.1) is 0 Å². The second-order valence-corrected chi connectivity index (χ2v) is 6.02. The lowest BCUT2D eigenvalue weighted by molar-refractivity contribution is -0.141. The van der Waals surface area contributed by atoms with Crippen LogP contribution in [0.5, 0.6) is 0 Å². The van der Waals surface area contributed by atoms with E-state index in [0.29, 0.717) is 0 Å². The van der Waals surface area contributed by atoms with E-state index in [-0.39, 0.29) is 25.3 Å². The van der Waals surface area contributed by atoms with Crippen molar-refractivity contribution in [2.24, 2.45) is 0 Å². The molecule has 1 aromatic carbocycles. The van der Waals surface area contributed by atoms with Crippen molar-refractivity contribution < 1.29 is 28.3 Å². The molecule has 0 aliphatic carbocycles. The van der Waals surface area contributed by atoms with Crippen LogP contribution in [-0.2, 0) is 25.7 Å². The van der Waals surface area contributed by atoms with Crippen molar-refractivity contribution in [3.05, 3.63) is 54.2 Å². The van der Waals surface area contributed by atoms with Gasteiger partial charge in [0, 0.05) is 6.54 Å². The number of alkyl carbamates (subject to hydrolysis) is 1. The maximum Gasteiger partial charge on any atom is 0.408 e. The van der Waals surface area contributed by atoms with Crippen LogP contribution in [0.3, 0.4) is 0 Å². The number of Topliss-reactive ketones (excluding diaryl/α,β-unsaturated/α-hetero) is 1. The molecule has 1 saturated heterocycles. The number of rotatable bonds is 6. The maximum absolute atomic E-state index is 12.6. The van der Waals surface area contributed by atoms with Crippen LogP contribution in [-0.4, -0.2) is 41.3 Å². The number of aromatic nitrogens is 1. The molecule has 1 fully saturated rings. The van der Waals surface area contributed by atoms with Crippen LogP contribution in [0, 0.1) is 0 Å². The van der Waals surface area contributed by atoms with E-state index in [4.69, 9.17) is 9.15 Å². The minimum absolute atomic E-state index is 0.0150. The fraction of sp³-hybridized carbons (Fsp3) is 0.278. The average Bonchev–Trinajstić information content (AvgIpc) is 3.23. The molecule has 3 amide bonds. The Morgan fingerprint density at radius 1 is 1.29 bits per heavy atom. The first-order valence-electron chi connectivity index (χ1n) is 8.52. The number of nitrogens with one attached hydrogen (secondary N) is 3. The number of benzene rings is 1. The third kappa shape index (κ3) is 4.72. The molecular formula is C18H18N4O6. The molecule has 0 saturated carbocycles. The quantitative estimate of drug-likeness (QED) is 0.603. The van der Waals surface area contributed by atoms with Crippen LogP contribution in [0.15, 0.2) is 47.4 Å². The van der Waals surface area contributed by atoms with Gasteiger partial charge in [0.15, 0.2) is 12.4 Å². The number of ether oxygens (including phenoxy) is 1. The summed E-state index contributed by atoms with van der Waals surface area (Å²) in [5.41, 5.74) is 0.903. The zero-order valence-corrected chi connectivity index (χ0v) is 14.7. The van der Waals surface area contributed by atoms with E-state index in [1.807, 2.05) is 6.07 Å². The molecular weight excluding hydrogens is 368 g/mol. The molecule has 1 aromatic heterocycles. The van der Waals surface area contributed by atoms with E-state index in [1.165, 1.54) is 6.26 Å². The summed E-state index contributed by atoms with van der Waals surface area (Å²) in [5.74, 6) is -2.21. The Morgan fingerprint density at radius 2 is 2.07 bits per heavy atom. The fourth-order valence-corrected chi connectivity index (χ4v) is 2.62. The number of ketones is 1. The lowest BCUT2D eigenvalue weighted by Gasteiger charge is -2.24. The lowest BCUT2D eigenvalue weighted by atomic mass is 10.0. The molecule has 0 bridgehead atoms. The largest absolute Gasteiger partial charge is 0.451 e. The number of hydrogen-bond acceptors (Lipinski definition) is 7. The number of oxazole rings is 1. The summed E-state index contributed by atoms with van der Waals surface area (Å²) in [6.45, 7) is 0.276. The van der Waals surface area contributed by atoms with E-state index in [1.54, 1.807) is 24.3 Å². The first-order valence-corrected chi connectivity index (χ1v) is 8.52. The third-order valence-corrected chi connectivity index (χ3v) is 4.06. The number of carbonyl (C=O) groups is 4. The molecule has 146 valence electrons. The SMILES string of the molecule is O=C(NC(C(=O)NC1CCNC(=O)C1=O)c1cocn1)OCc1ccccc1. The first-order chi connectivity index (χ1) is 13.5. The summed E-state index contributed by atoms with van der Waals surface area (Å²) in [7, 11) is 0. The number of amides is 3. The van der Waals surface area contributed by atoms with Crippen LogP contribution in [0.4, 0.5) is 4.79 Å². The molecule has 2 aromatic rings. The van der Waals surface area contributed by atoms with Crippen molar-refractivity contribution in [1.82, 2.24) is 20.9 Å². The average molecular weight is 386 g/mol. The van der Waals surface area contributed by atoms with Gasteiger partial charge >= 0.3 is 6.09 Å². The van der Waals surface area contributed by atoms with Gasteiger partial charge in [0.2, 0.25) is 11.7 Å². The zero-order chi connectivity index (χ0) is 19.9. The second kappa shape index (κ2) is 8.80. The Bertz CT molecular complexity index is 852. The molecule has 10 nitrogen and oxygen atoms in total. The molecule has 0 radical (unpaired) electrons. The molecule has 0 spiro atoms.